The van der Waals surface area contributed by atoms with Crippen molar-refractivity contribution in [3.05, 3.63) is 31.6 Å². The van der Waals surface area contributed by atoms with Crippen LogP contribution in [0.3, 0.4) is 0 Å². The Hall–Kier alpha value is -1.76. The second-order valence-corrected chi connectivity index (χ2v) is 3.32. The zero-order valence-corrected chi connectivity index (χ0v) is 8.68. The van der Waals surface area contributed by atoms with Crippen LogP contribution >= 0.6 is 11.6 Å². The molecule has 1 heterocycles. The van der Waals surface area contributed by atoms with Crippen molar-refractivity contribution < 1.29 is 0 Å². The molecule has 1 rings (SSSR count). The Kier molecular flexibility index (Phi) is 3.15. The summed E-state index contributed by atoms with van der Waals surface area (Å²) in [6, 6.07) is 0. The number of nitrogens with zero attached hydrogens (tertiary/aromatic N) is 1. The molecule has 82 valence electrons. The maximum atomic E-state index is 11.1. The van der Waals surface area contributed by atoms with E-state index in [2.05, 4.69) is 4.98 Å². The van der Waals surface area contributed by atoms with Crippen molar-refractivity contribution in [2.75, 3.05) is 7.05 Å². The first-order valence-electron chi connectivity index (χ1n) is 3.98. The van der Waals surface area contributed by atoms with Crippen molar-refractivity contribution in [2.24, 2.45) is 5.73 Å². The van der Waals surface area contributed by atoms with E-state index in [9.17, 15) is 9.59 Å². The smallest absolute Gasteiger partial charge is 0.326 e. The highest BCUT2D eigenvalue weighted by molar-refractivity contribution is 6.30. The summed E-state index contributed by atoms with van der Waals surface area (Å²) in [4.78, 5) is 27.7. The van der Waals surface area contributed by atoms with Crippen LogP contribution in [0.4, 0.5) is 0 Å². The number of hydrogen-bond donors (Lipinski definition) is 4. The molecule has 0 aromatic carbocycles. The Balaban J connectivity index is 3.10. The molecule has 0 radical (unpaired) electrons. The molecule has 0 atom stereocenters. The van der Waals surface area contributed by atoms with Crippen LogP contribution in [-0.4, -0.2) is 27.9 Å². The van der Waals surface area contributed by atoms with E-state index in [-0.39, 0.29) is 23.2 Å². The maximum Gasteiger partial charge on any atom is 0.326 e. The lowest BCUT2D eigenvalue weighted by molar-refractivity contribution is 0.481. The molecule has 0 fully saturated rings. The predicted octanol–water partition coefficient (Wildman–Crippen LogP) is -0.958. The van der Waals surface area contributed by atoms with Gasteiger partial charge in [0.2, 0.25) is 0 Å². The molecule has 0 spiro atoms. The van der Waals surface area contributed by atoms with Crippen molar-refractivity contribution >= 4 is 17.6 Å². The first-order valence-corrected chi connectivity index (χ1v) is 4.35. The molecular weight excluding hydrogens is 222 g/mol. The molecule has 1 aromatic heterocycles. The SMILES string of the molecule is CN(Cc1[nH]c(=O)[nH]c(=O)c1Cl)C(=N)N. The fourth-order valence-electron chi connectivity index (χ4n) is 0.949. The molecule has 0 amide bonds. The minimum absolute atomic E-state index is 0.0906. The summed E-state index contributed by atoms with van der Waals surface area (Å²) < 4.78 is 0. The molecule has 0 unspecified atom stereocenters. The van der Waals surface area contributed by atoms with Crippen LogP contribution in [0, 0.1) is 5.41 Å². The lowest BCUT2D eigenvalue weighted by Crippen LogP contribution is -2.34. The zero-order chi connectivity index (χ0) is 11.6. The van der Waals surface area contributed by atoms with E-state index in [4.69, 9.17) is 22.7 Å². The highest BCUT2D eigenvalue weighted by Gasteiger charge is 2.09. The third kappa shape index (κ3) is 2.59. The summed E-state index contributed by atoms with van der Waals surface area (Å²) >= 11 is 5.66. The van der Waals surface area contributed by atoms with E-state index in [0.717, 1.165) is 0 Å². The minimum Gasteiger partial charge on any atom is -0.370 e. The Morgan fingerprint density at radius 1 is 1.53 bits per heavy atom. The second kappa shape index (κ2) is 4.18. The monoisotopic (exact) mass is 231 g/mol. The van der Waals surface area contributed by atoms with Gasteiger partial charge in [0.1, 0.15) is 5.02 Å². The van der Waals surface area contributed by atoms with Gasteiger partial charge in [-0.15, -0.1) is 0 Å². The van der Waals surface area contributed by atoms with Crippen molar-refractivity contribution in [3.8, 4) is 0 Å². The van der Waals surface area contributed by atoms with E-state index >= 15 is 0 Å². The number of aromatic amines is 2. The Labute approximate surface area is 89.4 Å². The Bertz CT molecular complexity index is 491. The van der Waals surface area contributed by atoms with E-state index < -0.39 is 11.2 Å². The van der Waals surface area contributed by atoms with Crippen LogP contribution < -0.4 is 17.0 Å². The number of hydrogen-bond acceptors (Lipinski definition) is 3. The van der Waals surface area contributed by atoms with Gasteiger partial charge < -0.3 is 15.6 Å². The lowest BCUT2D eigenvalue weighted by atomic mass is 10.4. The number of halogens is 1. The standard InChI is InChI=1S/C7H10ClN5O2/c1-13(6(9)10)2-3-4(8)5(14)12-7(15)11-3/h2H2,1H3,(H3,9,10)(H2,11,12,14,15). The molecule has 7 nitrogen and oxygen atoms in total. The molecule has 0 aliphatic heterocycles. The summed E-state index contributed by atoms with van der Waals surface area (Å²) in [5, 5.41) is 7.00. The zero-order valence-electron chi connectivity index (χ0n) is 7.93. The van der Waals surface area contributed by atoms with Crippen LogP contribution in [0.1, 0.15) is 5.69 Å². The molecule has 0 aliphatic carbocycles. The number of H-pyrrole nitrogens is 2. The molecule has 0 saturated carbocycles. The third-order valence-corrected chi connectivity index (χ3v) is 2.16. The van der Waals surface area contributed by atoms with Crippen LogP contribution in [0.5, 0.6) is 0 Å². The van der Waals surface area contributed by atoms with Gasteiger partial charge in [0.25, 0.3) is 5.56 Å². The minimum atomic E-state index is -0.660. The quantitative estimate of drug-likeness (QED) is 0.387. The molecule has 1 aromatic rings. The number of aromatic nitrogens is 2. The van der Waals surface area contributed by atoms with Gasteiger partial charge in [-0.25, -0.2) is 4.79 Å². The predicted molar refractivity (Wildman–Crippen MR) is 56.1 cm³/mol. The molecule has 15 heavy (non-hydrogen) atoms. The first-order chi connectivity index (χ1) is 6.91. The van der Waals surface area contributed by atoms with Crippen LogP contribution in [0.25, 0.3) is 0 Å². The number of guanidine groups is 1. The van der Waals surface area contributed by atoms with Gasteiger partial charge in [-0.3, -0.25) is 15.2 Å². The summed E-state index contributed by atoms with van der Waals surface area (Å²) in [5.41, 5.74) is 4.12. The average molecular weight is 232 g/mol. The fourth-order valence-corrected chi connectivity index (χ4v) is 1.10. The number of nitrogens with two attached hydrogens (primary N) is 1. The van der Waals surface area contributed by atoms with Gasteiger partial charge in [0.05, 0.1) is 12.2 Å². The van der Waals surface area contributed by atoms with Gasteiger partial charge in [0.15, 0.2) is 5.96 Å². The fraction of sp³-hybridized carbons (Fsp3) is 0.286. The molecular formula is C7H10ClN5O2. The van der Waals surface area contributed by atoms with E-state index in [0.29, 0.717) is 0 Å². The summed E-state index contributed by atoms with van der Waals surface area (Å²) in [5.74, 6) is -0.188. The number of rotatable bonds is 2. The molecule has 0 saturated heterocycles. The van der Waals surface area contributed by atoms with Crippen molar-refractivity contribution in [3.63, 3.8) is 0 Å². The van der Waals surface area contributed by atoms with E-state index in [1.54, 1.807) is 0 Å². The van der Waals surface area contributed by atoms with E-state index in [1.807, 2.05) is 4.98 Å². The van der Waals surface area contributed by atoms with Gasteiger partial charge in [0, 0.05) is 7.05 Å². The van der Waals surface area contributed by atoms with Gasteiger partial charge in [-0.05, 0) is 0 Å². The Morgan fingerprint density at radius 3 is 2.67 bits per heavy atom. The van der Waals surface area contributed by atoms with Crippen molar-refractivity contribution in [1.29, 1.82) is 5.41 Å². The van der Waals surface area contributed by atoms with E-state index in [1.165, 1.54) is 11.9 Å². The second-order valence-electron chi connectivity index (χ2n) is 2.94. The van der Waals surface area contributed by atoms with Crippen molar-refractivity contribution in [2.45, 2.75) is 6.54 Å². The highest BCUT2D eigenvalue weighted by atomic mass is 35.5. The molecule has 5 N–H and O–H groups in total. The number of nitrogens with one attached hydrogen (secondary N) is 3. The normalized spacial score (nSPS) is 10.0. The summed E-state index contributed by atoms with van der Waals surface area (Å²) in [7, 11) is 1.54. The van der Waals surface area contributed by atoms with Gasteiger partial charge in [-0.2, -0.15) is 0 Å². The third-order valence-electron chi connectivity index (χ3n) is 1.76. The highest BCUT2D eigenvalue weighted by Crippen LogP contribution is 2.06. The van der Waals surface area contributed by atoms with Gasteiger partial charge in [-0.1, -0.05) is 11.6 Å². The summed E-state index contributed by atoms with van der Waals surface area (Å²) in [6.07, 6.45) is 0. The Morgan fingerprint density at radius 2 is 2.13 bits per heavy atom. The topological polar surface area (TPSA) is 119 Å². The maximum absolute atomic E-state index is 11.1. The van der Waals surface area contributed by atoms with Crippen LogP contribution in [0.15, 0.2) is 9.59 Å². The first kappa shape index (κ1) is 11.3. The van der Waals surface area contributed by atoms with Gasteiger partial charge >= 0.3 is 5.69 Å². The summed E-state index contributed by atoms with van der Waals surface area (Å²) in [6.45, 7) is 0.0906. The largest absolute Gasteiger partial charge is 0.370 e. The van der Waals surface area contributed by atoms with Crippen LogP contribution in [-0.2, 0) is 6.54 Å². The van der Waals surface area contributed by atoms with Crippen LogP contribution in [0.2, 0.25) is 5.02 Å². The molecule has 0 bridgehead atoms. The average Bonchev–Trinajstić information content (AvgIpc) is 2.13. The molecule has 8 heteroatoms. The lowest BCUT2D eigenvalue weighted by Gasteiger charge is -2.16. The molecule has 0 aliphatic rings. The van der Waals surface area contributed by atoms with Crippen molar-refractivity contribution in [1.82, 2.24) is 14.9 Å².